The average molecular weight is 276 g/mol. The number of carboxylic acid groups (broad SMARTS) is 1. The van der Waals surface area contributed by atoms with E-state index in [0.717, 1.165) is 29.1 Å². The van der Waals surface area contributed by atoms with Crippen molar-refractivity contribution in [1.82, 2.24) is 4.90 Å². The van der Waals surface area contributed by atoms with E-state index < -0.39 is 16.1 Å². The van der Waals surface area contributed by atoms with Crippen LogP contribution in [-0.2, 0) is 10.0 Å². The van der Waals surface area contributed by atoms with E-state index in [4.69, 9.17) is 10.2 Å². The molecule has 0 unspecified atom stereocenters. The third-order valence-corrected chi connectivity index (χ3v) is 5.33. The second-order valence-electron chi connectivity index (χ2n) is 3.84. The van der Waals surface area contributed by atoms with Crippen molar-refractivity contribution in [2.24, 2.45) is 5.14 Å². The van der Waals surface area contributed by atoms with Gasteiger partial charge in [0.1, 0.15) is 4.21 Å². The maximum absolute atomic E-state index is 11.1. The fourth-order valence-corrected chi connectivity index (χ4v) is 3.85. The lowest BCUT2D eigenvalue weighted by Gasteiger charge is -2.19. The largest absolute Gasteiger partial charge is 0.465 e. The van der Waals surface area contributed by atoms with Gasteiger partial charge < -0.3 is 10.0 Å². The number of rotatable bonds is 2. The molecule has 0 saturated carbocycles. The molecule has 1 aliphatic rings. The molecule has 0 bridgehead atoms. The fraction of sp³-hybridized carbons (Fsp3) is 0.444. The minimum Gasteiger partial charge on any atom is -0.465 e. The summed E-state index contributed by atoms with van der Waals surface area (Å²) < 4.78 is 22.3. The first-order valence-corrected chi connectivity index (χ1v) is 7.38. The lowest BCUT2D eigenvalue weighted by atomic mass is 10.2. The molecule has 1 saturated heterocycles. The maximum Gasteiger partial charge on any atom is 0.407 e. The van der Waals surface area contributed by atoms with E-state index in [9.17, 15) is 13.2 Å². The molecule has 2 heterocycles. The van der Waals surface area contributed by atoms with Gasteiger partial charge in [-0.25, -0.2) is 18.4 Å². The van der Waals surface area contributed by atoms with Crippen molar-refractivity contribution in [2.75, 3.05) is 6.54 Å². The molecule has 0 spiro atoms. The van der Waals surface area contributed by atoms with Gasteiger partial charge in [0.05, 0.1) is 6.04 Å². The Balaban J connectivity index is 2.29. The molecule has 1 atom stereocenters. The van der Waals surface area contributed by atoms with Crippen LogP contribution in [0, 0.1) is 0 Å². The van der Waals surface area contributed by atoms with Crippen LogP contribution < -0.4 is 5.14 Å². The van der Waals surface area contributed by atoms with E-state index in [0.29, 0.717) is 6.54 Å². The molecule has 2 rings (SSSR count). The minimum atomic E-state index is -3.70. The molecular formula is C9H12N2O4S2. The number of carbonyl (C=O) groups is 1. The van der Waals surface area contributed by atoms with Crippen LogP contribution in [0.25, 0.3) is 0 Å². The number of thiophene rings is 1. The summed E-state index contributed by atoms with van der Waals surface area (Å²) >= 11 is 1.04. The number of nitrogens with two attached hydrogens (primary N) is 1. The summed E-state index contributed by atoms with van der Waals surface area (Å²) in [5, 5.41) is 14.0. The van der Waals surface area contributed by atoms with Crippen LogP contribution in [-0.4, -0.2) is 31.1 Å². The molecule has 17 heavy (non-hydrogen) atoms. The third kappa shape index (κ3) is 2.43. The normalized spacial score (nSPS) is 20.8. The van der Waals surface area contributed by atoms with Gasteiger partial charge in [-0.2, -0.15) is 0 Å². The molecule has 94 valence electrons. The van der Waals surface area contributed by atoms with Gasteiger partial charge in [-0.05, 0) is 25.0 Å². The molecule has 0 aliphatic carbocycles. The summed E-state index contributed by atoms with van der Waals surface area (Å²) in [4.78, 5) is 13.0. The fourth-order valence-electron chi connectivity index (χ4n) is 1.96. The highest BCUT2D eigenvalue weighted by molar-refractivity contribution is 7.91. The Hall–Kier alpha value is -1.12. The van der Waals surface area contributed by atoms with Crippen molar-refractivity contribution in [1.29, 1.82) is 0 Å². The molecule has 1 aromatic rings. The number of amides is 1. The van der Waals surface area contributed by atoms with E-state index in [1.54, 1.807) is 6.07 Å². The summed E-state index contributed by atoms with van der Waals surface area (Å²) in [5.41, 5.74) is 0. The topological polar surface area (TPSA) is 101 Å². The van der Waals surface area contributed by atoms with Crippen LogP contribution in [0.4, 0.5) is 4.79 Å². The highest BCUT2D eigenvalue weighted by atomic mass is 32.2. The third-order valence-electron chi connectivity index (χ3n) is 2.71. The van der Waals surface area contributed by atoms with E-state index in [2.05, 4.69) is 0 Å². The standard InChI is InChI=1S/C9H12N2O4S2/c10-17(14,15)8-4-3-7(16-8)6-2-1-5-11(6)9(12)13/h3-4,6H,1-2,5H2,(H,12,13)(H2,10,14,15)/t6-/m1/s1. The monoisotopic (exact) mass is 276 g/mol. The van der Waals surface area contributed by atoms with E-state index >= 15 is 0 Å². The van der Waals surface area contributed by atoms with Crippen molar-refractivity contribution < 1.29 is 18.3 Å². The predicted molar refractivity (Wildman–Crippen MR) is 62.4 cm³/mol. The summed E-state index contributed by atoms with van der Waals surface area (Å²) in [6.45, 7) is 0.489. The van der Waals surface area contributed by atoms with Gasteiger partial charge in [-0.3, -0.25) is 0 Å². The van der Waals surface area contributed by atoms with E-state index in [1.807, 2.05) is 0 Å². The number of likely N-dealkylation sites (tertiary alicyclic amines) is 1. The molecule has 0 aromatic carbocycles. The van der Waals surface area contributed by atoms with Crippen molar-refractivity contribution in [2.45, 2.75) is 23.1 Å². The van der Waals surface area contributed by atoms with E-state index in [1.165, 1.54) is 11.0 Å². The lowest BCUT2D eigenvalue weighted by molar-refractivity contribution is 0.141. The second kappa shape index (κ2) is 4.28. The van der Waals surface area contributed by atoms with Crippen LogP contribution in [0.2, 0.25) is 0 Å². The zero-order chi connectivity index (χ0) is 12.6. The second-order valence-corrected chi connectivity index (χ2v) is 6.74. The minimum absolute atomic E-state index is 0.0738. The van der Waals surface area contributed by atoms with Crippen LogP contribution in [0.15, 0.2) is 16.3 Å². The van der Waals surface area contributed by atoms with E-state index in [-0.39, 0.29) is 10.3 Å². The highest BCUT2D eigenvalue weighted by Crippen LogP contribution is 2.36. The van der Waals surface area contributed by atoms with Crippen LogP contribution in [0.1, 0.15) is 23.8 Å². The molecule has 3 N–H and O–H groups in total. The van der Waals surface area contributed by atoms with Gasteiger partial charge in [0, 0.05) is 11.4 Å². The lowest BCUT2D eigenvalue weighted by Crippen LogP contribution is -2.28. The van der Waals surface area contributed by atoms with Gasteiger partial charge in [0.25, 0.3) is 0 Å². The molecule has 1 aromatic heterocycles. The molecule has 1 fully saturated rings. The first-order chi connectivity index (χ1) is 7.89. The Morgan fingerprint density at radius 3 is 2.76 bits per heavy atom. The molecule has 1 amide bonds. The number of hydrogen-bond acceptors (Lipinski definition) is 4. The summed E-state index contributed by atoms with van der Waals surface area (Å²) in [5.74, 6) is 0. The smallest absolute Gasteiger partial charge is 0.407 e. The molecule has 8 heteroatoms. The first kappa shape index (κ1) is 12.3. The Bertz CT molecular complexity index is 537. The molecule has 0 radical (unpaired) electrons. The summed E-state index contributed by atoms with van der Waals surface area (Å²) in [7, 11) is -3.70. The first-order valence-electron chi connectivity index (χ1n) is 5.01. The molecule has 1 aliphatic heterocycles. The van der Waals surface area contributed by atoms with Gasteiger partial charge in [-0.15, -0.1) is 11.3 Å². The SMILES string of the molecule is NS(=O)(=O)c1ccc([C@H]2CCCN2C(=O)O)s1. The predicted octanol–water partition coefficient (Wildman–Crippen LogP) is 1.21. The van der Waals surface area contributed by atoms with Crippen molar-refractivity contribution in [3.05, 3.63) is 17.0 Å². The summed E-state index contributed by atoms with van der Waals surface area (Å²) in [6.07, 6.45) is 0.536. The quantitative estimate of drug-likeness (QED) is 0.847. The van der Waals surface area contributed by atoms with Crippen LogP contribution in [0.3, 0.4) is 0 Å². The zero-order valence-corrected chi connectivity index (χ0v) is 10.5. The number of hydrogen-bond donors (Lipinski definition) is 2. The zero-order valence-electron chi connectivity index (χ0n) is 8.87. The maximum atomic E-state index is 11.1. The van der Waals surface area contributed by atoms with Crippen LogP contribution in [0.5, 0.6) is 0 Å². The van der Waals surface area contributed by atoms with Gasteiger partial charge in [-0.1, -0.05) is 0 Å². The number of primary sulfonamides is 1. The van der Waals surface area contributed by atoms with Gasteiger partial charge in [0.2, 0.25) is 10.0 Å². The summed E-state index contributed by atoms with van der Waals surface area (Å²) in [6, 6.07) is 2.82. The van der Waals surface area contributed by atoms with Gasteiger partial charge in [0.15, 0.2) is 0 Å². The number of nitrogens with zero attached hydrogens (tertiary/aromatic N) is 1. The van der Waals surface area contributed by atoms with Crippen molar-refractivity contribution in [3.8, 4) is 0 Å². The Labute approximate surface area is 103 Å². The molecule has 6 nitrogen and oxygen atoms in total. The van der Waals surface area contributed by atoms with Crippen molar-refractivity contribution >= 4 is 27.5 Å². The number of sulfonamides is 1. The molecular weight excluding hydrogens is 264 g/mol. The highest BCUT2D eigenvalue weighted by Gasteiger charge is 2.31. The Morgan fingerprint density at radius 2 is 2.24 bits per heavy atom. The van der Waals surface area contributed by atoms with Crippen LogP contribution >= 0.6 is 11.3 Å². The average Bonchev–Trinajstić information content (AvgIpc) is 2.85. The van der Waals surface area contributed by atoms with Crippen molar-refractivity contribution in [3.63, 3.8) is 0 Å². The van der Waals surface area contributed by atoms with Gasteiger partial charge >= 0.3 is 6.09 Å². The Kier molecular flexibility index (Phi) is 3.11. The Morgan fingerprint density at radius 1 is 1.53 bits per heavy atom.